The van der Waals surface area contributed by atoms with Crippen LogP contribution in [0.4, 0.5) is 0 Å². The van der Waals surface area contributed by atoms with E-state index >= 15 is 0 Å². The SMILES string of the molecule is Clc1ccc(-c2nc3ccccc3n3ccnc23)cc1Cl. The second-order valence-electron chi connectivity index (χ2n) is 4.70. The molecule has 0 fully saturated rings. The quantitative estimate of drug-likeness (QED) is 0.502. The molecule has 0 saturated carbocycles. The van der Waals surface area contributed by atoms with Crippen LogP contribution in [0.25, 0.3) is 27.9 Å². The van der Waals surface area contributed by atoms with Gasteiger partial charge in [-0.25, -0.2) is 9.97 Å². The summed E-state index contributed by atoms with van der Waals surface area (Å²) in [7, 11) is 0. The van der Waals surface area contributed by atoms with Crippen LogP contribution in [0.2, 0.25) is 10.0 Å². The first-order valence-corrected chi connectivity index (χ1v) is 7.17. The zero-order chi connectivity index (χ0) is 14.4. The third-order valence-corrected chi connectivity index (χ3v) is 4.16. The fourth-order valence-electron chi connectivity index (χ4n) is 2.44. The lowest BCUT2D eigenvalue weighted by atomic mass is 10.1. The molecule has 0 aliphatic rings. The van der Waals surface area contributed by atoms with Gasteiger partial charge in [0.2, 0.25) is 0 Å². The Kier molecular flexibility index (Phi) is 2.84. The Morgan fingerprint density at radius 1 is 0.952 bits per heavy atom. The normalized spacial score (nSPS) is 11.3. The number of nitrogens with zero attached hydrogens (tertiary/aromatic N) is 3. The number of para-hydroxylation sites is 2. The van der Waals surface area contributed by atoms with E-state index in [0.29, 0.717) is 10.0 Å². The highest BCUT2D eigenvalue weighted by Gasteiger charge is 2.12. The highest BCUT2D eigenvalue weighted by Crippen LogP contribution is 2.30. The van der Waals surface area contributed by atoms with Crippen molar-refractivity contribution in [3.8, 4) is 11.3 Å². The maximum Gasteiger partial charge on any atom is 0.163 e. The van der Waals surface area contributed by atoms with Gasteiger partial charge in [0.05, 0.1) is 21.1 Å². The average Bonchev–Trinajstić information content (AvgIpc) is 2.99. The van der Waals surface area contributed by atoms with Crippen LogP contribution in [0.3, 0.4) is 0 Å². The Balaban J connectivity index is 2.10. The molecule has 0 aliphatic heterocycles. The third kappa shape index (κ3) is 1.97. The van der Waals surface area contributed by atoms with Gasteiger partial charge >= 0.3 is 0 Å². The molecule has 21 heavy (non-hydrogen) atoms. The highest BCUT2D eigenvalue weighted by atomic mass is 35.5. The van der Waals surface area contributed by atoms with Crippen molar-refractivity contribution < 1.29 is 0 Å². The van der Waals surface area contributed by atoms with Gasteiger partial charge in [0.15, 0.2) is 5.65 Å². The first-order chi connectivity index (χ1) is 10.2. The summed E-state index contributed by atoms with van der Waals surface area (Å²) < 4.78 is 2.03. The average molecular weight is 314 g/mol. The second kappa shape index (κ2) is 4.72. The van der Waals surface area contributed by atoms with Crippen LogP contribution < -0.4 is 0 Å². The van der Waals surface area contributed by atoms with E-state index in [9.17, 15) is 0 Å². The standard InChI is InChI=1S/C16H9Cl2N3/c17-11-6-5-10(9-12(11)18)15-16-19-7-8-21(16)14-4-2-1-3-13(14)20-15/h1-9H. The van der Waals surface area contributed by atoms with Crippen LogP contribution in [-0.4, -0.2) is 14.4 Å². The lowest BCUT2D eigenvalue weighted by Gasteiger charge is -2.08. The zero-order valence-corrected chi connectivity index (χ0v) is 12.3. The number of benzene rings is 2. The minimum Gasteiger partial charge on any atom is -0.296 e. The zero-order valence-electron chi connectivity index (χ0n) is 10.8. The van der Waals surface area contributed by atoms with E-state index in [0.717, 1.165) is 27.9 Å². The molecule has 2 heterocycles. The number of halogens is 2. The fourth-order valence-corrected chi connectivity index (χ4v) is 2.74. The van der Waals surface area contributed by atoms with E-state index in [1.165, 1.54) is 0 Å². The Labute approximate surface area is 130 Å². The van der Waals surface area contributed by atoms with Crippen LogP contribution in [-0.2, 0) is 0 Å². The summed E-state index contributed by atoms with van der Waals surface area (Å²) in [5.41, 5.74) is 4.41. The van der Waals surface area contributed by atoms with Crippen molar-refractivity contribution in [2.75, 3.05) is 0 Å². The minimum atomic E-state index is 0.508. The predicted molar refractivity (Wildman–Crippen MR) is 85.9 cm³/mol. The summed E-state index contributed by atoms with van der Waals surface area (Å²) >= 11 is 12.1. The molecule has 3 nitrogen and oxygen atoms in total. The summed E-state index contributed by atoms with van der Waals surface area (Å²) in [6.07, 6.45) is 3.70. The maximum absolute atomic E-state index is 6.12. The summed E-state index contributed by atoms with van der Waals surface area (Å²) in [6.45, 7) is 0. The van der Waals surface area contributed by atoms with E-state index in [1.807, 2.05) is 47.0 Å². The number of hydrogen-bond donors (Lipinski definition) is 0. The van der Waals surface area contributed by atoms with Crippen molar-refractivity contribution >= 4 is 39.9 Å². The lowest BCUT2D eigenvalue weighted by Crippen LogP contribution is -1.95. The molecule has 102 valence electrons. The Morgan fingerprint density at radius 2 is 1.81 bits per heavy atom. The van der Waals surface area contributed by atoms with Gasteiger partial charge in [0.1, 0.15) is 5.69 Å². The minimum absolute atomic E-state index is 0.508. The molecule has 0 spiro atoms. The number of imidazole rings is 1. The number of aromatic nitrogens is 3. The largest absolute Gasteiger partial charge is 0.296 e. The molecule has 0 unspecified atom stereocenters. The molecule has 0 bridgehead atoms. The molecule has 0 aliphatic carbocycles. The van der Waals surface area contributed by atoms with Crippen LogP contribution in [0.15, 0.2) is 54.9 Å². The van der Waals surface area contributed by atoms with Crippen molar-refractivity contribution in [1.82, 2.24) is 14.4 Å². The van der Waals surface area contributed by atoms with Crippen LogP contribution in [0.1, 0.15) is 0 Å². The topological polar surface area (TPSA) is 30.2 Å². The van der Waals surface area contributed by atoms with E-state index in [4.69, 9.17) is 28.2 Å². The van der Waals surface area contributed by atoms with Gasteiger partial charge in [-0.3, -0.25) is 4.40 Å². The third-order valence-electron chi connectivity index (χ3n) is 3.42. The molecule has 2 aromatic carbocycles. The van der Waals surface area contributed by atoms with Gasteiger partial charge in [0.25, 0.3) is 0 Å². The molecule has 0 N–H and O–H groups in total. The Hall–Kier alpha value is -2.10. The fraction of sp³-hybridized carbons (Fsp3) is 0. The molecule has 5 heteroatoms. The summed E-state index contributed by atoms with van der Waals surface area (Å²) in [6, 6.07) is 13.5. The van der Waals surface area contributed by atoms with E-state index in [-0.39, 0.29) is 0 Å². The van der Waals surface area contributed by atoms with Crippen molar-refractivity contribution in [2.24, 2.45) is 0 Å². The molecule has 2 aromatic heterocycles. The van der Waals surface area contributed by atoms with Crippen molar-refractivity contribution in [3.05, 3.63) is 64.9 Å². The number of fused-ring (bicyclic) bond motifs is 3. The predicted octanol–water partition coefficient (Wildman–Crippen LogP) is 4.86. The molecular formula is C16H9Cl2N3. The molecule has 0 saturated heterocycles. The molecular weight excluding hydrogens is 305 g/mol. The Bertz CT molecular complexity index is 976. The van der Waals surface area contributed by atoms with E-state index in [2.05, 4.69) is 4.98 Å². The van der Waals surface area contributed by atoms with Crippen LogP contribution in [0, 0.1) is 0 Å². The summed E-state index contributed by atoms with van der Waals surface area (Å²) in [5, 5.41) is 1.04. The number of hydrogen-bond acceptors (Lipinski definition) is 2. The maximum atomic E-state index is 6.12. The van der Waals surface area contributed by atoms with Crippen LogP contribution in [0.5, 0.6) is 0 Å². The van der Waals surface area contributed by atoms with Gasteiger partial charge in [-0.05, 0) is 24.3 Å². The van der Waals surface area contributed by atoms with Gasteiger partial charge in [0, 0.05) is 18.0 Å². The molecule has 4 rings (SSSR count). The van der Waals surface area contributed by atoms with Crippen LogP contribution >= 0.6 is 23.2 Å². The molecule has 0 atom stereocenters. The second-order valence-corrected chi connectivity index (χ2v) is 5.51. The lowest BCUT2D eigenvalue weighted by molar-refractivity contribution is 1.21. The van der Waals surface area contributed by atoms with E-state index < -0.39 is 0 Å². The summed E-state index contributed by atoms with van der Waals surface area (Å²) in [4.78, 5) is 9.15. The molecule has 4 aromatic rings. The van der Waals surface area contributed by atoms with Crippen molar-refractivity contribution in [2.45, 2.75) is 0 Å². The monoisotopic (exact) mass is 313 g/mol. The number of rotatable bonds is 1. The smallest absolute Gasteiger partial charge is 0.163 e. The molecule has 0 radical (unpaired) electrons. The van der Waals surface area contributed by atoms with Crippen molar-refractivity contribution in [1.29, 1.82) is 0 Å². The highest BCUT2D eigenvalue weighted by molar-refractivity contribution is 6.42. The summed E-state index contributed by atoms with van der Waals surface area (Å²) in [5.74, 6) is 0. The van der Waals surface area contributed by atoms with Gasteiger partial charge < -0.3 is 0 Å². The first kappa shape index (κ1) is 12.6. The van der Waals surface area contributed by atoms with Gasteiger partial charge in [-0.15, -0.1) is 0 Å². The van der Waals surface area contributed by atoms with Crippen molar-refractivity contribution in [3.63, 3.8) is 0 Å². The Morgan fingerprint density at radius 3 is 2.67 bits per heavy atom. The van der Waals surface area contributed by atoms with E-state index in [1.54, 1.807) is 12.3 Å². The van der Waals surface area contributed by atoms with Gasteiger partial charge in [-0.2, -0.15) is 0 Å². The molecule has 0 amide bonds. The van der Waals surface area contributed by atoms with Gasteiger partial charge in [-0.1, -0.05) is 41.4 Å². The first-order valence-electron chi connectivity index (χ1n) is 6.41.